The van der Waals surface area contributed by atoms with Crippen LogP contribution < -0.4 is 10.3 Å². The number of hydrogen-bond donors (Lipinski definition) is 1. The molecule has 3 aromatic rings. The van der Waals surface area contributed by atoms with Gasteiger partial charge in [0.2, 0.25) is 5.43 Å². The van der Waals surface area contributed by atoms with Gasteiger partial charge in [0.25, 0.3) is 0 Å². The highest BCUT2D eigenvalue weighted by Crippen LogP contribution is 2.27. The van der Waals surface area contributed by atoms with Gasteiger partial charge >= 0.3 is 5.97 Å². The molecule has 4 rings (SSSR count). The molecule has 1 aliphatic heterocycles. The molecule has 0 saturated carbocycles. The van der Waals surface area contributed by atoms with Crippen molar-refractivity contribution in [3.05, 3.63) is 74.1 Å². The number of pyridine rings is 2. The van der Waals surface area contributed by atoms with E-state index in [-0.39, 0.29) is 36.5 Å². The van der Waals surface area contributed by atoms with Gasteiger partial charge in [-0.25, -0.2) is 22.9 Å². The van der Waals surface area contributed by atoms with Crippen molar-refractivity contribution in [1.29, 1.82) is 0 Å². The van der Waals surface area contributed by atoms with E-state index in [1.807, 2.05) is 0 Å². The molecule has 1 aliphatic rings. The molecule has 0 aliphatic carbocycles. The van der Waals surface area contributed by atoms with Gasteiger partial charge in [-0.15, -0.1) is 0 Å². The topological polar surface area (TPSA) is 124 Å². The third kappa shape index (κ3) is 3.83. The van der Waals surface area contributed by atoms with Crippen LogP contribution in [0.4, 0.5) is 19.0 Å². The number of aromatic carboxylic acids is 1. The van der Waals surface area contributed by atoms with Crippen molar-refractivity contribution in [3.63, 3.8) is 0 Å². The van der Waals surface area contributed by atoms with Crippen LogP contribution in [0.1, 0.15) is 24.2 Å². The van der Waals surface area contributed by atoms with Crippen molar-refractivity contribution in [1.82, 2.24) is 9.55 Å². The van der Waals surface area contributed by atoms with Gasteiger partial charge in [-0.2, -0.15) is 0 Å². The molecular formula is C20H17F3N6O3. The molecule has 2 aromatic heterocycles. The lowest BCUT2D eigenvalue weighted by atomic mass is 10.1. The fourth-order valence-electron chi connectivity index (χ4n) is 3.55. The molecule has 12 heteroatoms. The number of anilines is 1. The molecule has 1 fully saturated rings. The zero-order valence-corrected chi connectivity index (χ0v) is 15.7. The molecule has 1 unspecified atom stereocenters. The summed E-state index contributed by atoms with van der Waals surface area (Å²) >= 11 is 0. The lowest BCUT2D eigenvalue weighted by Gasteiger charge is -2.20. The predicted octanol–water partition coefficient (Wildman–Crippen LogP) is 4.03. The number of benzene rings is 1. The molecule has 0 bridgehead atoms. The summed E-state index contributed by atoms with van der Waals surface area (Å²) in [5.41, 5.74) is 6.40. The number of aromatic nitrogens is 2. The first-order valence-corrected chi connectivity index (χ1v) is 9.04. The van der Waals surface area contributed by atoms with Crippen LogP contribution in [0.15, 0.2) is 40.4 Å². The largest absolute Gasteiger partial charge is 0.477 e. The van der Waals surface area contributed by atoms with E-state index >= 15 is 0 Å². The average molecular weight is 446 g/mol. The van der Waals surface area contributed by atoms with Crippen molar-refractivity contribution in [3.8, 4) is 5.69 Å². The summed E-state index contributed by atoms with van der Waals surface area (Å²) in [7, 11) is 0. The van der Waals surface area contributed by atoms with Crippen molar-refractivity contribution in [2.45, 2.75) is 19.9 Å². The Bertz CT molecular complexity index is 1340. The van der Waals surface area contributed by atoms with Gasteiger partial charge in [-0.05, 0) is 30.2 Å². The van der Waals surface area contributed by atoms with Crippen molar-refractivity contribution >= 4 is 22.8 Å². The predicted molar refractivity (Wildman–Crippen MR) is 111 cm³/mol. The number of halogens is 3. The van der Waals surface area contributed by atoms with Crippen LogP contribution in [0.2, 0.25) is 0 Å². The second-order valence-corrected chi connectivity index (χ2v) is 6.90. The first-order valence-electron chi connectivity index (χ1n) is 9.04. The SMILES string of the molecule is C.[N-]=[N+]=NC1CCN(c2nc3c(cc2F)c(=O)c(C(=O)O)cn3-c2ccc(F)cc2F)C1. The van der Waals surface area contributed by atoms with Crippen molar-refractivity contribution in [2.75, 3.05) is 18.0 Å². The summed E-state index contributed by atoms with van der Waals surface area (Å²) in [6, 6.07) is 3.05. The molecule has 32 heavy (non-hydrogen) atoms. The third-order valence-electron chi connectivity index (χ3n) is 4.99. The van der Waals surface area contributed by atoms with Gasteiger partial charge < -0.3 is 10.0 Å². The smallest absolute Gasteiger partial charge is 0.341 e. The minimum Gasteiger partial charge on any atom is -0.477 e. The number of carbonyl (C=O) groups is 1. The van der Waals surface area contributed by atoms with Crippen LogP contribution in [0.5, 0.6) is 0 Å². The Balaban J connectivity index is 0.00000289. The highest BCUT2D eigenvalue weighted by atomic mass is 19.1. The Morgan fingerprint density at radius 1 is 1.25 bits per heavy atom. The molecule has 0 spiro atoms. The van der Waals surface area contributed by atoms with Gasteiger partial charge in [-0.1, -0.05) is 12.5 Å². The second kappa shape index (κ2) is 8.60. The number of azide groups is 1. The van der Waals surface area contributed by atoms with Gasteiger partial charge in [0.05, 0.1) is 17.1 Å². The highest BCUT2D eigenvalue weighted by Gasteiger charge is 2.27. The number of nitrogens with zero attached hydrogens (tertiary/aromatic N) is 6. The van der Waals surface area contributed by atoms with E-state index in [2.05, 4.69) is 15.0 Å². The van der Waals surface area contributed by atoms with Crippen LogP contribution in [0.25, 0.3) is 27.2 Å². The summed E-state index contributed by atoms with van der Waals surface area (Å²) in [6.07, 6.45) is 1.32. The third-order valence-corrected chi connectivity index (χ3v) is 4.99. The maximum absolute atomic E-state index is 14.8. The summed E-state index contributed by atoms with van der Waals surface area (Å²) in [5.74, 6) is -4.53. The second-order valence-electron chi connectivity index (χ2n) is 6.90. The Labute approximate surface area is 179 Å². The first-order chi connectivity index (χ1) is 14.8. The molecule has 1 saturated heterocycles. The monoisotopic (exact) mass is 446 g/mol. The fourth-order valence-corrected chi connectivity index (χ4v) is 3.55. The van der Waals surface area contributed by atoms with E-state index in [1.165, 1.54) is 4.90 Å². The highest BCUT2D eigenvalue weighted by molar-refractivity contribution is 5.92. The number of carboxylic acids is 1. The Morgan fingerprint density at radius 2 is 2.00 bits per heavy atom. The molecule has 1 aromatic carbocycles. The Morgan fingerprint density at radius 3 is 2.66 bits per heavy atom. The van der Waals surface area contributed by atoms with Gasteiger partial charge in [0.1, 0.15) is 17.2 Å². The van der Waals surface area contributed by atoms with Crippen LogP contribution in [0, 0.1) is 17.5 Å². The van der Waals surface area contributed by atoms with Crippen LogP contribution >= 0.6 is 0 Å². The molecule has 0 amide bonds. The molecule has 9 nitrogen and oxygen atoms in total. The maximum atomic E-state index is 14.8. The molecular weight excluding hydrogens is 429 g/mol. The van der Waals surface area contributed by atoms with Gasteiger partial charge in [-0.3, -0.25) is 9.36 Å². The van der Waals surface area contributed by atoms with Crippen LogP contribution in [-0.2, 0) is 0 Å². The molecule has 1 atom stereocenters. The zero-order valence-electron chi connectivity index (χ0n) is 15.7. The first kappa shape index (κ1) is 22.6. The van der Waals surface area contributed by atoms with Crippen molar-refractivity contribution < 1.29 is 23.1 Å². The molecule has 3 heterocycles. The lowest BCUT2D eigenvalue weighted by molar-refractivity contribution is 0.0695. The standard InChI is InChI=1S/C19H13F3N6O3.CH4/c20-9-1-2-15(13(21)5-9)28-8-12(19(30)31)16(29)11-6-14(22)18(24-17(11)28)27-4-3-10(7-27)25-26-23;/h1-2,5-6,8,10H,3-4,7H2,(H,30,31);1H4. The van der Waals surface area contributed by atoms with E-state index in [9.17, 15) is 27.9 Å². The van der Waals surface area contributed by atoms with E-state index < -0.39 is 40.5 Å². The molecule has 166 valence electrons. The minimum absolute atomic E-state index is 0. The summed E-state index contributed by atoms with van der Waals surface area (Å²) in [5, 5.41) is 12.6. The summed E-state index contributed by atoms with van der Waals surface area (Å²) in [4.78, 5) is 32.5. The number of fused-ring (bicyclic) bond motifs is 1. The van der Waals surface area contributed by atoms with Crippen LogP contribution in [0.3, 0.4) is 0 Å². The number of carboxylic acid groups (broad SMARTS) is 1. The summed E-state index contributed by atoms with van der Waals surface area (Å²) in [6.45, 7) is 0.503. The van der Waals surface area contributed by atoms with Crippen molar-refractivity contribution in [2.24, 2.45) is 5.11 Å². The van der Waals surface area contributed by atoms with E-state index in [4.69, 9.17) is 5.53 Å². The summed E-state index contributed by atoms with van der Waals surface area (Å²) < 4.78 is 43.6. The van der Waals surface area contributed by atoms with E-state index in [0.29, 0.717) is 19.0 Å². The minimum atomic E-state index is -1.59. The normalized spacial score (nSPS) is 15.3. The average Bonchev–Trinajstić information content (AvgIpc) is 3.17. The number of rotatable bonds is 4. The fraction of sp³-hybridized carbons (Fsp3) is 0.250. The number of hydrogen-bond acceptors (Lipinski definition) is 5. The molecule has 1 N–H and O–H groups in total. The Hall–Kier alpha value is -4.05. The van der Waals surface area contributed by atoms with E-state index in [1.54, 1.807) is 0 Å². The van der Waals surface area contributed by atoms with Gasteiger partial charge in [0.15, 0.2) is 17.3 Å². The van der Waals surface area contributed by atoms with Gasteiger partial charge in [0, 0.05) is 30.3 Å². The lowest BCUT2D eigenvalue weighted by Crippen LogP contribution is -2.25. The van der Waals surface area contributed by atoms with Crippen LogP contribution in [-0.4, -0.2) is 39.8 Å². The quantitative estimate of drug-likeness (QED) is 0.368. The molecule has 0 radical (unpaired) electrons. The maximum Gasteiger partial charge on any atom is 0.341 e. The zero-order chi connectivity index (χ0) is 22.3. The van der Waals surface area contributed by atoms with E-state index in [0.717, 1.165) is 29.0 Å². The Kier molecular flexibility index (Phi) is 6.08.